The van der Waals surface area contributed by atoms with E-state index in [1.807, 2.05) is 24.8 Å². The first kappa shape index (κ1) is 21.4. The molecular formula is C27H28N4O2S. The summed E-state index contributed by atoms with van der Waals surface area (Å²) in [7, 11) is 1.92. The van der Waals surface area contributed by atoms with Gasteiger partial charge in [0, 0.05) is 48.9 Å². The zero-order valence-corrected chi connectivity index (χ0v) is 20.3. The number of fused-ring (bicyclic) bond motifs is 1. The Morgan fingerprint density at radius 2 is 1.88 bits per heavy atom. The number of thiophene rings is 1. The van der Waals surface area contributed by atoms with E-state index in [9.17, 15) is 9.59 Å². The number of hydrogen-bond acceptors (Lipinski definition) is 4. The molecule has 0 bridgehead atoms. The van der Waals surface area contributed by atoms with Crippen molar-refractivity contribution in [3.8, 4) is 11.1 Å². The van der Waals surface area contributed by atoms with Crippen molar-refractivity contribution in [1.29, 1.82) is 0 Å². The van der Waals surface area contributed by atoms with Gasteiger partial charge in [0.05, 0.1) is 22.0 Å². The number of amides is 1. The van der Waals surface area contributed by atoms with Crippen LogP contribution in [0.1, 0.15) is 48.5 Å². The van der Waals surface area contributed by atoms with Crippen LogP contribution in [-0.2, 0) is 18.4 Å². The fourth-order valence-corrected chi connectivity index (χ4v) is 6.77. The van der Waals surface area contributed by atoms with Gasteiger partial charge in [0.2, 0.25) is 0 Å². The summed E-state index contributed by atoms with van der Waals surface area (Å²) in [6.45, 7) is 2.41. The molecule has 34 heavy (non-hydrogen) atoms. The Hall–Kier alpha value is -3.19. The molecule has 6 rings (SSSR count). The smallest absolute Gasteiger partial charge is 0.254 e. The number of Topliss-reactive ketones (excluding diaryl/α,β-unsaturated/α-hetero) is 1. The third-order valence-corrected chi connectivity index (χ3v) is 8.64. The third kappa shape index (κ3) is 3.68. The maximum absolute atomic E-state index is 13.1. The monoisotopic (exact) mass is 472 g/mol. The van der Waals surface area contributed by atoms with E-state index in [2.05, 4.69) is 51.5 Å². The van der Waals surface area contributed by atoms with E-state index >= 15 is 0 Å². The van der Waals surface area contributed by atoms with Gasteiger partial charge in [0.1, 0.15) is 5.78 Å². The predicted molar refractivity (Wildman–Crippen MR) is 134 cm³/mol. The first-order valence-electron chi connectivity index (χ1n) is 11.8. The second-order valence-electron chi connectivity index (χ2n) is 10.2. The number of ketones is 1. The third-order valence-electron chi connectivity index (χ3n) is 7.70. The van der Waals surface area contributed by atoms with Crippen molar-refractivity contribution in [3.05, 3.63) is 65.4 Å². The lowest BCUT2D eigenvalue weighted by atomic mass is 9.49. The summed E-state index contributed by atoms with van der Waals surface area (Å²) in [5.41, 5.74) is 5.51. The standard InChI is InChI=1S/C27H28N4O2S/c1-17(32)20-9-27(10-20)11-22(12-27)29-26(33)23-16-34-24-7-8-31(25(23)24)14-18-3-5-19(6-4-18)21-13-28-30(2)15-21/h3-8,13,15-16,20,22H,9-12,14H2,1-2H3,(H,29,33). The largest absolute Gasteiger partial charge is 0.349 e. The molecule has 2 saturated carbocycles. The summed E-state index contributed by atoms with van der Waals surface area (Å²) < 4.78 is 5.11. The second-order valence-corrected chi connectivity index (χ2v) is 11.1. The van der Waals surface area contributed by atoms with Crippen LogP contribution in [-0.4, -0.2) is 32.1 Å². The number of rotatable bonds is 6. The second kappa shape index (κ2) is 7.94. The number of nitrogens with one attached hydrogen (secondary N) is 1. The van der Waals surface area contributed by atoms with Gasteiger partial charge in [-0.1, -0.05) is 24.3 Å². The lowest BCUT2D eigenvalue weighted by Gasteiger charge is -2.57. The number of aryl methyl sites for hydroxylation is 1. The SMILES string of the molecule is CC(=O)C1CC2(CC(NC(=O)c3csc4ccn(Cc5ccc(-c6cnn(C)c6)cc5)c34)C2)C1. The van der Waals surface area contributed by atoms with Gasteiger partial charge < -0.3 is 9.88 Å². The van der Waals surface area contributed by atoms with E-state index < -0.39 is 0 Å². The average Bonchev–Trinajstić information content (AvgIpc) is 3.47. The van der Waals surface area contributed by atoms with Crippen LogP contribution in [0.2, 0.25) is 0 Å². The molecule has 2 fully saturated rings. The molecule has 3 heterocycles. The molecular weight excluding hydrogens is 444 g/mol. The predicted octanol–water partition coefficient (Wildman–Crippen LogP) is 5.03. The maximum Gasteiger partial charge on any atom is 0.254 e. The van der Waals surface area contributed by atoms with Crippen molar-refractivity contribution in [2.75, 3.05) is 0 Å². The quantitative estimate of drug-likeness (QED) is 0.428. The topological polar surface area (TPSA) is 68.9 Å². The molecule has 4 aromatic rings. The lowest BCUT2D eigenvalue weighted by molar-refractivity contribution is -0.134. The Kier molecular flexibility index (Phi) is 4.99. The minimum atomic E-state index is 0.0143. The Balaban J connectivity index is 1.14. The Morgan fingerprint density at radius 1 is 1.12 bits per heavy atom. The van der Waals surface area contributed by atoms with E-state index in [1.165, 1.54) is 5.56 Å². The summed E-state index contributed by atoms with van der Waals surface area (Å²) in [5, 5.41) is 9.48. The molecule has 3 aromatic heterocycles. The highest BCUT2D eigenvalue weighted by molar-refractivity contribution is 7.17. The number of benzene rings is 1. The molecule has 0 saturated heterocycles. The van der Waals surface area contributed by atoms with E-state index in [0.29, 0.717) is 17.7 Å². The number of aromatic nitrogens is 3. The zero-order chi connectivity index (χ0) is 23.4. The molecule has 0 unspecified atom stereocenters. The highest BCUT2D eigenvalue weighted by Gasteiger charge is 2.54. The molecule has 7 heteroatoms. The Labute approximate surface area is 202 Å². The van der Waals surface area contributed by atoms with Crippen LogP contribution in [0.15, 0.2) is 54.3 Å². The van der Waals surface area contributed by atoms with Gasteiger partial charge in [-0.05, 0) is 55.2 Å². The van der Waals surface area contributed by atoms with Crippen molar-refractivity contribution in [2.45, 2.75) is 45.2 Å². The molecule has 6 nitrogen and oxygen atoms in total. The minimum absolute atomic E-state index is 0.0143. The van der Waals surface area contributed by atoms with Crippen LogP contribution in [0, 0.1) is 11.3 Å². The Bertz CT molecular complexity index is 1380. The van der Waals surface area contributed by atoms with Gasteiger partial charge in [-0.25, -0.2) is 0 Å². The maximum atomic E-state index is 13.1. The fraction of sp³-hybridized carbons (Fsp3) is 0.370. The first-order chi connectivity index (χ1) is 16.4. The molecule has 1 amide bonds. The van der Waals surface area contributed by atoms with Crippen molar-refractivity contribution in [1.82, 2.24) is 19.7 Å². The average molecular weight is 473 g/mol. The number of hydrogen-bond donors (Lipinski definition) is 1. The van der Waals surface area contributed by atoms with Gasteiger partial charge in [-0.3, -0.25) is 14.3 Å². The summed E-state index contributed by atoms with van der Waals surface area (Å²) in [6, 6.07) is 10.8. The molecule has 174 valence electrons. The van der Waals surface area contributed by atoms with Crippen molar-refractivity contribution in [2.24, 2.45) is 18.4 Å². The lowest BCUT2D eigenvalue weighted by Crippen LogP contribution is -2.57. The van der Waals surface area contributed by atoms with Crippen LogP contribution in [0.3, 0.4) is 0 Å². The van der Waals surface area contributed by atoms with Crippen LogP contribution in [0.5, 0.6) is 0 Å². The molecule has 1 aromatic carbocycles. The molecule has 1 N–H and O–H groups in total. The number of nitrogens with zero attached hydrogens (tertiary/aromatic N) is 3. The van der Waals surface area contributed by atoms with Gasteiger partial charge in [-0.2, -0.15) is 5.10 Å². The normalized spacial score (nSPS) is 23.6. The number of carbonyl (C=O) groups excluding carboxylic acids is 2. The van der Waals surface area contributed by atoms with Crippen LogP contribution in [0.25, 0.3) is 21.3 Å². The van der Waals surface area contributed by atoms with E-state index in [1.54, 1.807) is 22.9 Å². The van der Waals surface area contributed by atoms with Crippen LogP contribution in [0.4, 0.5) is 0 Å². The van der Waals surface area contributed by atoms with Crippen molar-refractivity contribution < 1.29 is 9.59 Å². The summed E-state index contributed by atoms with van der Waals surface area (Å²) in [5.74, 6) is 0.571. The van der Waals surface area contributed by atoms with Gasteiger partial charge in [0.25, 0.3) is 5.91 Å². The molecule has 2 aliphatic carbocycles. The zero-order valence-electron chi connectivity index (χ0n) is 19.5. The Morgan fingerprint density at radius 3 is 2.56 bits per heavy atom. The summed E-state index contributed by atoms with van der Waals surface area (Å²) in [6.07, 6.45) is 9.95. The minimum Gasteiger partial charge on any atom is -0.349 e. The van der Waals surface area contributed by atoms with Gasteiger partial charge in [0.15, 0.2) is 0 Å². The molecule has 0 atom stereocenters. The highest BCUT2D eigenvalue weighted by Crippen LogP contribution is 2.58. The number of carbonyl (C=O) groups is 2. The van der Waals surface area contributed by atoms with Crippen molar-refractivity contribution in [3.63, 3.8) is 0 Å². The summed E-state index contributed by atoms with van der Waals surface area (Å²) in [4.78, 5) is 24.7. The van der Waals surface area contributed by atoms with Crippen LogP contribution >= 0.6 is 11.3 Å². The molecule has 0 radical (unpaired) electrons. The van der Waals surface area contributed by atoms with E-state index in [-0.39, 0.29) is 17.9 Å². The molecule has 1 spiro atoms. The first-order valence-corrected chi connectivity index (χ1v) is 12.7. The highest BCUT2D eigenvalue weighted by atomic mass is 32.1. The van der Waals surface area contributed by atoms with Gasteiger partial charge in [-0.15, -0.1) is 11.3 Å². The van der Waals surface area contributed by atoms with Gasteiger partial charge >= 0.3 is 0 Å². The van der Waals surface area contributed by atoms with Crippen molar-refractivity contribution >= 4 is 33.2 Å². The van der Waals surface area contributed by atoms with E-state index in [4.69, 9.17) is 0 Å². The van der Waals surface area contributed by atoms with Crippen LogP contribution < -0.4 is 5.32 Å². The van der Waals surface area contributed by atoms with E-state index in [0.717, 1.165) is 52.6 Å². The fourth-order valence-electron chi connectivity index (χ4n) is 5.83. The summed E-state index contributed by atoms with van der Waals surface area (Å²) >= 11 is 1.62. The molecule has 0 aliphatic heterocycles. The molecule has 2 aliphatic rings.